The molecule has 0 unspecified atom stereocenters. The number of pyridine rings is 2. The van der Waals surface area contributed by atoms with E-state index in [4.69, 9.17) is 0 Å². The molecule has 5 heteroatoms. The van der Waals surface area contributed by atoms with Crippen LogP contribution in [-0.2, 0) is 6.54 Å². The van der Waals surface area contributed by atoms with Gasteiger partial charge in [0.05, 0.1) is 0 Å². The van der Waals surface area contributed by atoms with Crippen molar-refractivity contribution < 1.29 is 4.39 Å². The summed E-state index contributed by atoms with van der Waals surface area (Å²) < 4.78 is 14.7. The summed E-state index contributed by atoms with van der Waals surface area (Å²) in [5, 5.41) is 6.61. The van der Waals surface area contributed by atoms with Gasteiger partial charge in [-0.2, -0.15) is 0 Å². The molecule has 1 saturated carbocycles. The summed E-state index contributed by atoms with van der Waals surface area (Å²) in [4.78, 5) is 9.13. The third-order valence-electron chi connectivity index (χ3n) is 6.55. The van der Waals surface area contributed by atoms with Crippen LogP contribution in [0.2, 0.25) is 0 Å². The number of aryl methyl sites for hydroxylation is 1. The highest BCUT2D eigenvalue weighted by molar-refractivity contribution is 5.84. The predicted molar refractivity (Wildman–Crippen MR) is 142 cm³/mol. The summed E-state index contributed by atoms with van der Waals surface area (Å²) in [5.41, 5.74) is 7.59. The lowest BCUT2D eigenvalue weighted by Crippen LogP contribution is -2.05. The van der Waals surface area contributed by atoms with Crippen LogP contribution in [0.5, 0.6) is 0 Å². The summed E-state index contributed by atoms with van der Waals surface area (Å²) in [6, 6.07) is 19.4. The highest BCUT2D eigenvalue weighted by Gasteiger charge is 2.25. The Morgan fingerprint density at radius 2 is 1.86 bits per heavy atom. The molecule has 1 aliphatic carbocycles. The van der Waals surface area contributed by atoms with Crippen molar-refractivity contribution in [1.82, 2.24) is 9.97 Å². The Kier molecular flexibility index (Phi) is 6.32. The molecular weight excluding hydrogens is 435 g/mol. The second kappa shape index (κ2) is 9.71. The molecule has 4 aromatic rings. The second-order valence-electron chi connectivity index (χ2n) is 9.05. The van der Waals surface area contributed by atoms with Crippen LogP contribution in [0, 0.1) is 12.7 Å². The van der Waals surface area contributed by atoms with E-state index in [2.05, 4.69) is 51.4 Å². The maximum absolute atomic E-state index is 14.7. The van der Waals surface area contributed by atoms with Gasteiger partial charge in [0.2, 0.25) is 0 Å². The number of benzene rings is 2. The normalized spacial score (nSPS) is 12.9. The third-order valence-corrected chi connectivity index (χ3v) is 6.55. The Hall–Kier alpha value is -3.99. The fraction of sp³-hybridized carbons (Fsp3) is 0.200. The molecular formula is C30H29FN4. The van der Waals surface area contributed by atoms with E-state index < -0.39 is 0 Å². The lowest BCUT2D eigenvalue weighted by Gasteiger charge is -2.15. The van der Waals surface area contributed by atoms with Crippen molar-refractivity contribution >= 4 is 17.2 Å². The minimum Gasteiger partial charge on any atom is -0.373 e. The number of hydrogen-bond donors (Lipinski definition) is 2. The first kappa shape index (κ1) is 22.8. The lowest BCUT2D eigenvalue weighted by atomic mass is 9.96. The van der Waals surface area contributed by atoms with E-state index in [1.165, 1.54) is 24.5 Å². The van der Waals surface area contributed by atoms with Gasteiger partial charge in [-0.25, -0.2) is 14.4 Å². The molecule has 0 bridgehead atoms. The number of nitrogens with zero attached hydrogens (tertiary/aromatic N) is 2. The average molecular weight is 465 g/mol. The standard InChI is InChI=1S/C30H29FN4/c1-19-7-4-11-27(31)28(19)25-10-6-14-33-30(25)34-17-21-8-5-9-23(15-21)20(2)26-16-24(22-12-13-22)18-35-29(26)32-3/h4-11,14-16,18,22H,2,12-13,17H2,1,3H3,(H,32,35)(H,33,34). The molecule has 0 radical (unpaired) electrons. The molecule has 2 N–H and O–H groups in total. The van der Waals surface area contributed by atoms with Crippen LogP contribution in [0.3, 0.4) is 0 Å². The Morgan fingerprint density at radius 1 is 1.03 bits per heavy atom. The fourth-order valence-electron chi connectivity index (χ4n) is 4.48. The molecule has 176 valence electrons. The van der Waals surface area contributed by atoms with Crippen LogP contribution in [0.1, 0.15) is 46.6 Å². The highest BCUT2D eigenvalue weighted by Crippen LogP contribution is 2.41. The molecule has 0 aliphatic heterocycles. The van der Waals surface area contributed by atoms with Crippen LogP contribution >= 0.6 is 0 Å². The molecule has 0 spiro atoms. The summed E-state index contributed by atoms with van der Waals surface area (Å²) in [5.74, 6) is 1.87. The zero-order valence-electron chi connectivity index (χ0n) is 20.1. The molecule has 2 heterocycles. The van der Waals surface area contributed by atoms with Crippen LogP contribution < -0.4 is 10.6 Å². The predicted octanol–water partition coefficient (Wildman–Crippen LogP) is 7.18. The molecule has 2 aromatic carbocycles. The maximum atomic E-state index is 14.7. The van der Waals surface area contributed by atoms with E-state index in [1.54, 1.807) is 12.3 Å². The van der Waals surface area contributed by atoms with Crippen LogP contribution in [0.4, 0.5) is 16.0 Å². The topological polar surface area (TPSA) is 49.8 Å². The van der Waals surface area contributed by atoms with Crippen molar-refractivity contribution in [2.45, 2.75) is 32.2 Å². The number of halogens is 1. The van der Waals surface area contributed by atoms with Gasteiger partial charge in [0.1, 0.15) is 17.5 Å². The zero-order chi connectivity index (χ0) is 24.4. The van der Waals surface area contributed by atoms with Gasteiger partial charge >= 0.3 is 0 Å². The van der Waals surface area contributed by atoms with E-state index in [0.717, 1.165) is 39.2 Å². The smallest absolute Gasteiger partial charge is 0.134 e. The van der Waals surface area contributed by atoms with E-state index >= 15 is 0 Å². The number of aromatic nitrogens is 2. The molecule has 1 aliphatic rings. The van der Waals surface area contributed by atoms with Gasteiger partial charge in [-0.05, 0) is 83.8 Å². The van der Waals surface area contributed by atoms with Gasteiger partial charge in [0.25, 0.3) is 0 Å². The van der Waals surface area contributed by atoms with Crippen molar-refractivity contribution in [2.75, 3.05) is 17.7 Å². The Balaban J connectivity index is 1.39. The van der Waals surface area contributed by atoms with Gasteiger partial charge in [0.15, 0.2) is 0 Å². The van der Waals surface area contributed by atoms with Gasteiger partial charge in [-0.3, -0.25) is 0 Å². The monoisotopic (exact) mass is 464 g/mol. The van der Waals surface area contributed by atoms with Crippen molar-refractivity contribution in [3.05, 3.63) is 113 Å². The zero-order valence-corrected chi connectivity index (χ0v) is 20.1. The van der Waals surface area contributed by atoms with Gasteiger partial charge in [-0.15, -0.1) is 0 Å². The Bertz CT molecular complexity index is 1370. The lowest BCUT2D eigenvalue weighted by molar-refractivity contribution is 0.630. The first-order chi connectivity index (χ1) is 17.0. The van der Waals surface area contributed by atoms with Gasteiger partial charge in [0, 0.05) is 42.7 Å². The van der Waals surface area contributed by atoms with Gasteiger partial charge in [-0.1, -0.05) is 36.9 Å². The molecule has 35 heavy (non-hydrogen) atoms. The molecule has 5 rings (SSSR count). The van der Waals surface area contributed by atoms with Crippen LogP contribution in [-0.4, -0.2) is 17.0 Å². The largest absolute Gasteiger partial charge is 0.373 e. The minimum atomic E-state index is -0.248. The SMILES string of the molecule is C=C(c1cccc(CNc2ncccc2-c2c(C)cccc2F)c1)c1cc(C2CC2)cnc1NC. The van der Waals surface area contributed by atoms with E-state index in [-0.39, 0.29) is 5.82 Å². The van der Waals surface area contributed by atoms with Gasteiger partial charge < -0.3 is 10.6 Å². The maximum Gasteiger partial charge on any atom is 0.134 e. The molecule has 1 fully saturated rings. The number of hydrogen-bond acceptors (Lipinski definition) is 4. The Morgan fingerprint density at radius 3 is 2.63 bits per heavy atom. The first-order valence-corrected chi connectivity index (χ1v) is 12.0. The van der Waals surface area contributed by atoms with Crippen molar-refractivity contribution in [3.63, 3.8) is 0 Å². The molecule has 0 atom stereocenters. The van der Waals surface area contributed by atoms with Crippen LogP contribution in [0.25, 0.3) is 16.7 Å². The second-order valence-corrected chi connectivity index (χ2v) is 9.05. The number of anilines is 2. The van der Waals surface area contributed by atoms with E-state index in [1.807, 2.05) is 44.4 Å². The molecule has 0 amide bonds. The number of nitrogens with one attached hydrogen (secondary N) is 2. The molecule has 4 nitrogen and oxygen atoms in total. The van der Waals surface area contributed by atoms with E-state index in [0.29, 0.717) is 23.8 Å². The van der Waals surface area contributed by atoms with E-state index in [9.17, 15) is 4.39 Å². The van der Waals surface area contributed by atoms with Crippen molar-refractivity contribution in [3.8, 4) is 11.1 Å². The summed E-state index contributed by atoms with van der Waals surface area (Å²) in [6.45, 7) is 6.87. The number of rotatable bonds is 8. The fourth-order valence-corrected chi connectivity index (χ4v) is 4.48. The average Bonchev–Trinajstić information content (AvgIpc) is 3.73. The third kappa shape index (κ3) is 4.80. The summed E-state index contributed by atoms with van der Waals surface area (Å²) in [6.07, 6.45) is 6.16. The van der Waals surface area contributed by atoms with Crippen LogP contribution in [0.15, 0.2) is 79.6 Å². The van der Waals surface area contributed by atoms with Crippen molar-refractivity contribution in [1.29, 1.82) is 0 Å². The highest BCUT2D eigenvalue weighted by atomic mass is 19.1. The minimum absolute atomic E-state index is 0.248. The van der Waals surface area contributed by atoms with Crippen molar-refractivity contribution in [2.24, 2.45) is 0 Å². The quantitative estimate of drug-likeness (QED) is 0.290. The molecule has 0 saturated heterocycles. The molecule has 2 aromatic heterocycles. The summed E-state index contributed by atoms with van der Waals surface area (Å²) in [7, 11) is 1.89. The summed E-state index contributed by atoms with van der Waals surface area (Å²) >= 11 is 0. The first-order valence-electron chi connectivity index (χ1n) is 12.0. The Labute approximate surface area is 206 Å².